The van der Waals surface area contributed by atoms with Gasteiger partial charge in [-0.05, 0) is 18.2 Å². The quantitative estimate of drug-likeness (QED) is 0.736. The third-order valence-corrected chi connectivity index (χ3v) is 4.00. The van der Waals surface area contributed by atoms with Crippen LogP contribution in [0.1, 0.15) is 6.92 Å². The topological polar surface area (TPSA) is 0 Å². The maximum absolute atomic E-state index is 3.43. The lowest BCUT2D eigenvalue weighted by molar-refractivity contribution is 1.45. The molecule has 0 amide bonds. The predicted octanol–water partition coefficient (Wildman–Crippen LogP) is 4.21. The molecule has 1 aromatic carbocycles. The maximum atomic E-state index is 3.43. The van der Waals surface area contributed by atoms with Gasteiger partial charge in [0, 0.05) is 15.1 Å². The van der Waals surface area contributed by atoms with Crippen molar-refractivity contribution in [2.24, 2.45) is 0 Å². The van der Waals surface area contributed by atoms with E-state index in [2.05, 4.69) is 41.1 Å². The minimum Gasteiger partial charge on any atom is -0.0892 e. The highest BCUT2D eigenvalue weighted by atomic mass is 79.9. The minimum atomic E-state index is 1.15. The highest BCUT2D eigenvalue weighted by Gasteiger charge is 1.92. The molecule has 0 bridgehead atoms. The molecule has 0 aliphatic heterocycles. The number of halogens is 1. The van der Waals surface area contributed by atoms with Gasteiger partial charge in [-0.2, -0.15) is 0 Å². The Balaban J connectivity index is 2.56. The molecule has 0 nitrogen and oxygen atoms in total. The van der Waals surface area contributed by atoms with Crippen LogP contribution in [0.3, 0.4) is 0 Å². The first-order valence-electron chi connectivity index (χ1n) is 3.38. The summed E-state index contributed by atoms with van der Waals surface area (Å²) in [5, 5.41) is 0. The average molecular weight is 249 g/mol. The lowest BCUT2D eigenvalue weighted by Crippen LogP contribution is -1.68. The Morgan fingerprint density at radius 3 is 2.91 bits per heavy atom. The molecule has 11 heavy (non-hydrogen) atoms. The van der Waals surface area contributed by atoms with E-state index >= 15 is 0 Å². The van der Waals surface area contributed by atoms with Crippen LogP contribution >= 0.6 is 37.5 Å². The van der Waals surface area contributed by atoms with Crippen molar-refractivity contribution in [2.75, 3.05) is 5.75 Å². The van der Waals surface area contributed by atoms with Gasteiger partial charge in [-0.25, -0.2) is 0 Å². The summed E-state index contributed by atoms with van der Waals surface area (Å²) in [6.07, 6.45) is 0. The van der Waals surface area contributed by atoms with Crippen molar-refractivity contribution in [3.8, 4) is 0 Å². The predicted molar refractivity (Wildman–Crippen MR) is 58.1 cm³/mol. The summed E-state index contributed by atoms with van der Waals surface area (Å²) in [6.45, 7) is 2.16. The van der Waals surface area contributed by atoms with E-state index in [4.69, 9.17) is 0 Å². The van der Waals surface area contributed by atoms with Gasteiger partial charge < -0.3 is 0 Å². The third kappa shape index (κ3) is 3.54. The van der Waals surface area contributed by atoms with E-state index < -0.39 is 0 Å². The molecule has 0 spiro atoms. The first-order valence-corrected chi connectivity index (χ1v) is 6.49. The zero-order chi connectivity index (χ0) is 8.10. The Hall–Kier alpha value is 0.400. The Bertz CT molecular complexity index is 225. The summed E-state index contributed by atoms with van der Waals surface area (Å²) in [5.41, 5.74) is 0. The maximum Gasteiger partial charge on any atom is 0.0194 e. The van der Waals surface area contributed by atoms with Gasteiger partial charge >= 0.3 is 0 Å². The van der Waals surface area contributed by atoms with Crippen molar-refractivity contribution in [1.82, 2.24) is 0 Å². The van der Waals surface area contributed by atoms with Crippen LogP contribution in [0.2, 0.25) is 0 Å². The highest BCUT2D eigenvalue weighted by Crippen LogP contribution is 2.31. The zero-order valence-corrected chi connectivity index (χ0v) is 9.43. The first kappa shape index (κ1) is 9.49. The molecule has 0 aliphatic carbocycles. The molecule has 0 saturated carbocycles. The lowest BCUT2D eigenvalue weighted by atomic mass is 10.4. The summed E-state index contributed by atoms with van der Waals surface area (Å²) >= 11 is 3.43. The SMILES string of the molecule is CCSSc1cccc(Br)c1. The van der Waals surface area contributed by atoms with E-state index in [9.17, 15) is 0 Å². The van der Waals surface area contributed by atoms with Gasteiger partial charge in [-0.15, -0.1) is 0 Å². The summed E-state index contributed by atoms with van der Waals surface area (Å²) in [4.78, 5) is 1.31. The monoisotopic (exact) mass is 248 g/mol. The number of hydrogen-bond donors (Lipinski definition) is 0. The number of rotatable bonds is 3. The molecule has 0 fully saturated rings. The average Bonchev–Trinajstić information content (AvgIpc) is 2.01. The van der Waals surface area contributed by atoms with Gasteiger partial charge in [-0.3, -0.25) is 0 Å². The van der Waals surface area contributed by atoms with Gasteiger partial charge in [0.15, 0.2) is 0 Å². The summed E-state index contributed by atoms with van der Waals surface area (Å²) in [6, 6.07) is 8.36. The van der Waals surface area contributed by atoms with Crippen LogP contribution in [0.25, 0.3) is 0 Å². The smallest absolute Gasteiger partial charge is 0.0194 e. The Kier molecular flexibility index (Phi) is 4.41. The number of hydrogen-bond acceptors (Lipinski definition) is 2. The molecule has 0 aromatic heterocycles. The van der Waals surface area contributed by atoms with Crippen molar-refractivity contribution >= 4 is 37.5 Å². The van der Waals surface area contributed by atoms with Crippen molar-refractivity contribution < 1.29 is 0 Å². The molecule has 0 heterocycles. The van der Waals surface area contributed by atoms with Gasteiger partial charge in [0.2, 0.25) is 0 Å². The lowest BCUT2D eigenvalue weighted by Gasteiger charge is -1.97. The van der Waals surface area contributed by atoms with E-state index in [1.165, 1.54) is 4.90 Å². The standard InChI is InChI=1S/C8H9BrS2/c1-2-10-11-8-5-3-4-7(9)6-8/h3-6H,2H2,1H3. The van der Waals surface area contributed by atoms with Gasteiger partial charge in [0.05, 0.1) is 0 Å². The largest absolute Gasteiger partial charge is 0.0892 e. The zero-order valence-electron chi connectivity index (χ0n) is 6.21. The van der Waals surface area contributed by atoms with Crippen LogP contribution in [0.5, 0.6) is 0 Å². The Morgan fingerprint density at radius 1 is 1.45 bits per heavy atom. The highest BCUT2D eigenvalue weighted by molar-refractivity contribution is 9.10. The molecule has 0 atom stereocenters. The van der Waals surface area contributed by atoms with Crippen LogP contribution in [-0.4, -0.2) is 5.75 Å². The minimum absolute atomic E-state index is 1.15. The molecular weight excluding hydrogens is 240 g/mol. The molecule has 0 saturated heterocycles. The second-order valence-electron chi connectivity index (χ2n) is 1.95. The van der Waals surface area contributed by atoms with Crippen molar-refractivity contribution in [3.63, 3.8) is 0 Å². The van der Waals surface area contributed by atoms with Crippen LogP contribution in [0, 0.1) is 0 Å². The van der Waals surface area contributed by atoms with E-state index in [0.29, 0.717) is 0 Å². The van der Waals surface area contributed by atoms with Crippen LogP contribution in [-0.2, 0) is 0 Å². The third-order valence-electron chi connectivity index (χ3n) is 1.07. The van der Waals surface area contributed by atoms with E-state index in [1.54, 1.807) is 0 Å². The molecule has 1 aromatic rings. The van der Waals surface area contributed by atoms with E-state index in [1.807, 2.05) is 27.7 Å². The van der Waals surface area contributed by atoms with Gasteiger partial charge in [0.1, 0.15) is 0 Å². The molecular formula is C8H9BrS2. The van der Waals surface area contributed by atoms with Crippen molar-refractivity contribution in [2.45, 2.75) is 11.8 Å². The Morgan fingerprint density at radius 2 is 2.27 bits per heavy atom. The van der Waals surface area contributed by atoms with Crippen LogP contribution < -0.4 is 0 Å². The van der Waals surface area contributed by atoms with E-state index in [0.717, 1.165) is 10.2 Å². The summed E-state index contributed by atoms with van der Waals surface area (Å²) in [5.74, 6) is 1.15. The van der Waals surface area contributed by atoms with Gasteiger partial charge in [-0.1, -0.05) is 50.5 Å². The fourth-order valence-corrected chi connectivity index (χ4v) is 2.83. The fourth-order valence-electron chi connectivity index (χ4n) is 0.646. The van der Waals surface area contributed by atoms with Crippen molar-refractivity contribution in [1.29, 1.82) is 0 Å². The van der Waals surface area contributed by atoms with Crippen LogP contribution in [0.4, 0.5) is 0 Å². The molecule has 0 aliphatic rings. The summed E-state index contributed by atoms with van der Waals surface area (Å²) in [7, 11) is 3.69. The first-order chi connectivity index (χ1) is 5.33. The fraction of sp³-hybridized carbons (Fsp3) is 0.250. The summed E-state index contributed by atoms with van der Waals surface area (Å²) < 4.78 is 1.15. The second-order valence-corrected chi connectivity index (χ2v) is 5.52. The molecule has 0 radical (unpaired) electrons. The molecule has 0 N–H and O–H groups in total. The van der Waals surface area contributed by atoms with Gasteiger partial charge in [0.25, 0.3) is 0 Å². The van der Waals surface area contributed by atoms with Crippen molar-refractivity contribution in [3.05, 3.63) is 28.7 Å². The second kappa shape index (κ2) is 5.12. The van der Waals surface area contributed by atoms with Crippen LogP contribution in [0.15, 0.2) is 33.6 Å². The number of benzene rings is 1. The normalized spacial score (nSPS) is 10.0. The Labute approximate surface area is 83.7 Å². The molecule has 3 heteroatoms. The molecule has 1 rings (SSSR count). The van der Waals surface area contributed by atoms with E-state index in [-0.39, 0.29) is 0 Å². The molecule has 60 valence electrons. The molecule has 0 unspecified atom stereocenters.